The van der Waals surface area contributed by atoms with Crippen LogP contribution in [0.15, 0.2) is 4.99 Å². The number of carbonyl (C=O) groups excluding carboxylic acids is 1. The molecule has 2 unspecified atom stereocenters. The highest BCUT2D eigenvalue weighted by molar-refractivity contribution is 14.0. The standard InChI is InChI=1S/C16H30N4O.HI/c1-3-17-16(19-14-12-13(14)2)18-9-7-11-20-10-6-4-5-8-15(20)21;/h13-14H,3-12H2,1-2H3,(H2,17,18,19);1H. The van der Waals surface area contributed by atoms with Crippen LogP contribution in [0.4, 0.5) is 0 Å². The van der Waals surface area contributed by atoms with E-state index in [1.54, 1.807) is 0 Å². The number of hydrogen-bond acceptors (Lipinski definition) is 2. The Balaban J connectivity index is 0.00000242. The Hall–Kier alpha value is -0.530. The second-order valence-corrected chi connectivity index (χ2v) is 6.27. The molecule has 2 N–H and O–H groups in total. The number of likely N-dealkylation sites (tertiary alicyclic amines) is 1. The molecule has 2 atom stereocenters. The maximum Gasteiger partial charge on any atom is 0.222 e. The Morgan fingerprint density at radius 1 is 1.36 bits per heavy atom. The molecular formula is C16H31IN4O. The minimum absolute atomic E-state index is 0. The number of rotatable bonds is 6. The molecule has 1 aliphatic carbocycles. The predicted molar refractivity (Wildman–Crippen MR) is 102 cm³/mol. The van der Waals surface area contributed by atoms with Gasteiger partial charge >= 0.3 is 0 Å². The van der Waals surface area contributed by atoms with Gasteiger partial charge in [0.05, 0.1) is 0 Å². The van der Waals surface area contributed by atoms with E-state index in [1.165, 1.54) is 12.8 Å². The molecule has 1 heterocycles. The van der Waals surface area contributed by atoms with Crippen LogP contribution >= 0.6 is 24.0 Å². The summed E-state index contributed by atoms with van der Waals surface area (Å²) in [6.45, 7) is 7.79. The summed E-state index contributed by atoms with van der Waals surface area (Å²) in [6, 6.07) is 0.593. The lowest BCUT2D eigenvalue weighted by Gasteiger charge is -2.20. The van der Waals surface area contributed by atoms with E-state index >= 15 is 0 Å². The highest BCUT2D eigenvalue weighted by Gasteiger charge is 2.33. The summed E-state index contributed by atoms with van der Waals surface area (Å²) in [5.74, 6) is 2.02. The Morgan fingerprint density at radius 2 is 2.14 bits per heavy atom. The van der Waals surface area contributed by atoms with E-state index < -0.39 is 0 Å². The average Bonchev–Trinajstić information content (AvgIpc) is 3.19. The molecule has 2 aliphatic rings. The molecule has 1 saturated carbocycles. The van der Waals surface area contributed by atoms with E-state index in [1.807, 2.05) is 4.90 Å². The molecule has 2 fully saturated rings. The lowest BCUT2D eigenvalue weighted by molar-refractivity contribution is -0.130. The Labute approximate surface area is 151 Å². The Bertz CT molecular complexity index is 375. The summed E-state index contributed by atoms with van der Waals surface area (Å²) in [5, 5.41) is 6.75. The molecule has 0 aromatic rings. The van der Waals surface area contributed by atoms with Gasteiger partial charge in [-0.1, -0.05) is 13.3 Å². The lowest BCUT2D eigenvalue weighted by Crippen LogP contribution is -2.39. The van der Waals surface area contributed by atoms with Crippen molar-refractivity contribution in [3.63, 3.8) is 0 Å². The van der Waals surface area contributed by atoms with Gasteiger partial charge in [-0.3, -0.25) is 9.79 Å². The van der Waals surface area contributed by atoms with Gasteiger partial charge in [0, 0.05) is 38.6 Å². The zero-order valence-corrected chi connectivity index (χ0v) is 16.3. The third-order valence-corrected chi connectivity index (χ3v) is 4.30. The third kappa shape index (κ3) is 6.71. The van der Waals surface area contributed by atoms with Crippen LogP contribution in [0.5, 0.6) is 0 Å². The van der Waals surface area contributed by atoms with Crippen LogP contribution in [0, 0.1) is 5.92 Å². The van der Waals surface area contributed by atoms with Crippen molar-refractivity contribution in [1.82, 2.24) is 15.5 Å². The Kier molecular flexibility index (Phi) is 9.12. The summed E-state index contributed by atoms with van der Waals surface area (Å²) in [6.07, 6.45) is 6.32. The van der Waals surface area contributed by atoms with Crippen molar-refractivity contribution in [1.29, 1.82) is 0 Å². The van der Waals surface area contributed by atoms with Crippen molar-refractivity contribution in [2.75, 3.05) is 26.2 Å². The second kappa shape index (κ2) is 10.3. The lowest BCUT2D eigenvalue weighted by atomic mass is 10.2. The third-order valence-electron chi connectivity index (χ3n) is 4.30. The van der Waals surface area contributed by atoms with Crippen LogP contribution in [0.25, 0.3) is 0 Å². The first-order valence-electron chi connectivity index (χ1n) is 8.53. The molecule has 6 heteroatoms. The van der Waals surface area contributed by atoms with Crippen LogP contribution in [0.3, 0.4) is 0 Å². The largest absolute Gasteiger partial charge is 0.357 e. The average molecular weight is 422 g/mol. The monoisotopic (exact) mass is 422 g/mol. The molecule has 0 spiro atoms. The molecule has 128 valence electrons. The van der Waals surface area contributed by atoms with Crippen LogP contribution in [0.1, 0.15) is 52.4 Å². The summed E-state index contributed by atoms with van der Waals surface area (Å²) in [4.78, 5) is 18.5. The summed E-state index contributed by atoms with van der Waals surface area (Å²) in [7, 11) is 0. The van der Waals surface area contributed by atoms with Gasteiger partial charge in [0.15, 0.2) is 5.96 Å². The fourth-order valence-electron chi connectivity index (χ4n) is 2.75. The van der Waals surface area contributed by atoms with E-state index in [0.29, 0.717) is 11.9 Å². The highest BCUT2D eigenvalue weighted by Crippen LogP contribution is 2.28. The molecular weight excluding hydrogens is 391 g/mol. The minimum Gasteiger partial charge on any atom is -0.357 e. The van der Waals surface area contributed by atoms with Crippen LogP contribution < -0.4 is 10.6 Å². The van der Waals surface area contributed by atoms with E-state index in [0.717, 1.165) is 63.7 Å². The molecule has 0 aromatic carbocycles. The number of nitrogens with one attached hydrogen (secondary N) is 2. The number of hydrogen-bond donors (Lipinski definition) is 2. The quantitative estimate of drug-likeness (QED) is 0.299. The van der Waals surface area contributed by atoms with Gasteiger partial charge in [-0.25, -0.2) is 0 Å². The van der Waals surface area contributed by atoms with E-state index in [2.05, 4.69) is 29.5 Å². The molecule has 1 aliphatic heterocycles. The van der Waals surface area contributed by atoms with Crippen molar-refractivity contribution in [3.8, 4) is 0 Å². The van der Waals surface area contributed by atoms with Crippen LogP contribution in [-0.2, 0) is 4.79 Å². The zero-order valence-electron chi connectivity index (χ0n) is 13.9. The number of nitrogens with zero attached hydrogens (tertiary/aromatic N) is 2. The first-order chi connectivity index (χ1) is 10.2. The number of amides is 1. The summed E-state index contributed by atoms with van der Waals surface area (Å²) < 4.78 is 0. The van der Waals surface area contributed by atoms with Gasteiger partial charge in [-0.05, 0) is 38.5 Å². The van der Waals surface area contributed by atoms with Crippen LogP contribution in [0.2, 0.25) is 0 Å². The first kappa shape index (κ1) is 19.5. The van der Waals surface area contributed by atoms with Gasteiger partial charge < -0.3 is 15.5 Å². The number of halogens is 1. The maximum atomic E-state index is 11.9. The predicted octanol–water partition coefficient (Wildman–Crippen LogP) is 2.36. The van der Waals surface area contributed by atoms with E-state index in [4.69, 9.17) is 0 Å². The smallest absolute Gasteiger partial charge is 0.222 e. The minimum atomic E-state index is 0. The number of aliphatic imine (C=N–C) groups is 1. The SMILES string of the molecule is CCNC(=NCCCN1CCCCCC1=O)NC1CC1C.I. The first-order valence-corrected chi connectivity index (χ1v) is 8.53. The van der Waals surface area contributed by atoms with Gasteiger partial charge in [-0.15, -0.1) is 24.0 Å². The molecule has 0 radical (unpaired) electrons. The highest BCUT2D eigenvalue weighted by atomic mass is 127. The molecule has 1 amide bonds. The van der Waals surface area contributed by atoms with Gasteiger partial charge in [-0.2, -0.15) is 0 Å². The molecule has 1 saturated heterocycles. The molecule has 0 bridgehead atoms. The molecule has 0 aromatic heterocycles. The Morgan fingerprint density at radius 3 is 2.82 bits per heavy atom. The summed E-state index contributed by atoms with van der Waals surface area (Å²) >= 11 is 0. The molecule has 2 rings (SSSR count). The van der Waals surface area contributed by atoms with E-state index in [-0.39, 0.29) is 24.0 Å². The normalized spacial score (nSPS) is 25.3. The van der Waals surface area contributed by atoms with Gasteiger partial charge in [0.1, 0.15) is 0 Å². The van der Waals surface area contributed by atoms with Gasteiger partial charge in [0.25, 0.3) is 0 Å². The zero-order chi connectivity index (χ0) is 15.1. The van der Waals surface area contributed by atoms with Crippen molar-refractivity contribution in [3.05, 3.63) is 0 Å². The second-order valence-electron chi connectivity index (χ2n) is 6.27. The van der Waals surface area contributed by atoms with Crippen LogP contribution in [-0.4, -0.2) is 49.0 Å². The molecule has 5 nitrogen and oxygen atoms in total. The summed E-state index contributed by atoms with van der Waals surface area (Å²) in [5.41, 5.74) is 0. The number of carbonyl (C=O) groups is 1. The fourth-order valence-corrected chi connectivity index (χ4v) is 2.75. The number of guanidine groups is 1. The molecule has 22 heavy (non-hydrogen) atoms. The van der Waals surface area contributed by atoms with Crippen molar-refractivity contribution >= 4 is 35.8 Å². The van der Waals surface area contributed by atoms with Crippen molar-refractivity contribution in [2.45, 2.75) is 58.4 Å². The van der Waals surface area contributed by atoms with E-state index in [9.17, 15) is 4.79 Å². The van der Waals surface area contributed by atoms with Gasteiger partial charge in [0.2, 0.25) is 5.91 Å². The van der Waals surface area contributed by atoms with Crippen molar-refractivity contribution < 1.29 is 4.79 Å². The topological polar surface area (TPSA) is 56.7 Å². The van der Waals surface area contributed by atoms with Crippen molar-refractivity contribution in [2.24, 2.45) is 10.9 Å². The maximum absolute atomic E-state index is 11.9. The fraction of sp³-hybridized carbons (Fsp3) is 0.875.